The molecule has 1 heterocycles. The Balaban J connectivity index is 1.78. The Labute approximate surface area is 198 Å². The van der Waals surface area contributed by atoms with Crippen LogP contribution in [0.5, 0.6) is 0 Å². The number of amides is 1. The predicted octanol–water partition coefficient (Wildman–Crippen LogP) is 6.55. The van der Waals surface area contributed by atoms with Crippen molar-refractivity contribution in [1.82, 2.24) is 14.8 Å². The van der Waals surface area contributed by atoms with Crippen molar-refractivity contribution in [3.8, 4) is 11.4 Å². The molecule has 0 bridgehead atoms. The zero-order valence-corrected chi connectivity index (χ0v) is 20.3. The third kappa shape index (κ3) is 5.27. The summed E-state index contributed by atoms with van der Waals surface area (Å²) >= 11 is 17.1. The molecule has 1 amide bonds. The highest BCUT2D eigenvalue weighted by Crippen LogP contribution is 2.32. The van der Waals surface area contributed by atoms with E-state index < -0.39 is 0 Å². The Hall–Kier alpha value is -1.80. The SMILES string of the molecule is C=CCn1c(SCC(=O)Nc2c(C)cc(Br)cc2C)nnc1-c1ccc(Cl)cc1Cl. The quantitative estimate of drug-likeness (QED) is 0.280. The number of rotatable bonds is 7. The van der Waals surface area contributed by atoms with Crippen LogP contribution >= 0.6 is 50.9 Å². The first-order chi connectivity index (χ1) is 14.3. The number of thioether (sulfide) groups is 1. The van der Waals surface area contributed by atoms with Gasteiger partial charge in [0.05, 0.1) is 10.8 Å². The zero-order chi connectivity index (χ0) is 21.8. The van der Waals surface area contributed by atoms with E-state index in [1.165, 1.54) is 11.8 Å². The molecule has 0 radical (unpaired) electrons. The highest BCUT2D eigenvalue weighted by atomic mass is 79.9. The van der Waals surface area contributed by atoms with Crippen molar-refractivity contribution in [1.29, 1.82) is 0 Å². The Morgan fingerprint density at radius 1 is 1.23 bits per heavy atom. The number of hydrogen-bond acceptors (Lipinski definition) is 4. The molecule has 9 heteroatoms. The number of carbonyl (C=O) groups is 1. The molecule has 3 aromatic rings. The molecule has 156 valence electrons. The molecule has 0 aliphatic heterocycles. The van der Waals surface area contributed by atoms with Gasteiger partial charge < -0.3 is 5.32 Å². The maximum atomic E-state index is 12.6. The van der Waals surface area contributed by atoms with E-state index in [1.54, 1.807) is 24.3 Å². The van der Waals surface area contributed by atoms with Gasteiger partial charge in [-0.15, -0.1) is 16.8 Å². The lowest BCUT2D eigenvalue weighted by molar-refractivity contribution is -0.113. The van der Waals surface area contributed by atoms with E-state index in [0.717, 1.165) is 21.3 Å². The third-order valence-corrected chi connectivity index (χ3v) is 6.27. The molecule has 0 aliphatic carbocycles. The second-order valence-corrected chi connectivity index (χ2v) is 9.28. The molecule has 0 fully saturated rings. The Morgan fingerprint density at radius 2 is 1.93 bits per heavy atom. The first-order valence-electron chi connectivity index (χ1n) is 8.99. The number of nitrogens with one attached hydrogen (secondary N) is 1. The molecule has 1 N–H and O–H groups in total. The highest BCUT2D eigenvalue weighted by Gasteiger charge is 2.18. The summed E-state index contributed by atoms with van der Waals surface area (Å²) in [4.78, 5) is 12.6. The smallest absolute Gasteiger partial charge is 0.234 e. The minimum atomic E-state index is -0.118. The van der Waals surface area contributed by atoms with E-state index in [1.807, 2.05) is 30.5 Å². The molecule has 0 saturated heterocycles. The van der Waals surface area contributed by atoms with Crippen LogP contribution in [0.2, 0.25) is 10.0 Å². The average molecular weight is 526 g/mol. The van der Waals surface area contributed by atoms with Crippen molar-refractivity contribution in [2.24, 2.45) is 0 Å². The van der Waals surface area contributed by atoms with E-state index in [4.69, 9.17) is 23.2 Å². The first-order valence-corrected chi connectivity index (χ1v) is 11.5. The van der Waals surface area contributed by atoms with Gasteiger partial charge in [0.2, 0.25) is 5.91 Å². The van der Waals surface area contributed by atoms with Gasteiger partial charge in [0.15, 0.2) is 11.0 Å². The summed E-state index contributed by atoms with van der Waals surface area (Å²) in [5.41, 5.74) is 3.53. The van der Waals surface area contributed by atoms with Gasteiger partial charge in [0.25, 0.3) is 0 Å². The number of halogens is 3. The van der Waals surface area contributed by atoms with Gasteiger partial charge in [-0.25, -0.2) is 0 Å². The van der Waals surface area contributed by atoms with Crippen LogP contribution < -0.4 is 5.32 Å². The summed E-state index contributed by atoms with van der Waals surface area (Å²) in [6.45, 7) is 8.21. The molecule has 0 saturated carbocycles. The zero-order valence-electron chi connectivity index (χ0n) is 16.4. The van der Waals surface area contributed by atoms with Crippen molar-refractivity contribution in [2.45, 2.75) is 25.5 Å². The molecule has 2 aromatic carbocycles. The summed E-state index contributed by atoms with van der Waals surface area (Å²) in [7, 11) is 0. The summed E-state index contributed by atoms with van der Waals surface area (Å²) in [5.74, 6) is 0.672. The van der Waals surface area contributed by atoms with E-state index in [-0.39, 0.29) is 11.7 Å². The number of benzene rings is 2. The van der Waals surface area contributed by atoms with Crippen molar-refractivity contribution >= 4 is 62.5 Å². The molecule has 1 aromatic heterocycles. The Kier molecular flexibility index (Phi) is 7.63. The molecule has 0 atom stereocenters. The lowest BCUT2D eigenvalue weighted by Gasteiger charge is -2.12. The van der Waals surface area contributed by atoms with Gasteiger partial charge in [-0.05, 0) is 55.3 Å². The van der Waals surface area contributed by atoms with Gasteiger partial charge >= 0.3 is 0 Å². The van der Waals surface area contributed by atoms with E-state index >= 15 is 0 Å². The van der Waals surface area contributed by atoms with Gasteiger partial charge in [-0.1, -0.05) is 57.0 Å². The normalized spacial score (nSPS) is 10.8. The van der Waals surface area contributed by atoms with Gasteiger partial charge in [-0.3, -0.25) is 9.36 Å². The predicted molar refractivity (Wildman–Crippen MR) is 129 cm³/mol. The molecule has 5 nitrogen and oxygen atoms in total. The van der Waals surface area contributed by atoms with Crippen molar-refractivity contribution < 1.29 is 4.79 Å². The highest BCUT2D eigenvalue weighted by molar-refractivity contribution is 9.10. The minimum absolute atomic E-state index is 0.118. The lowest BCUT2D eigenvalue weighted by Crippen LogP contribution is -2.16. The van der Waals surface area contributed by atoms with Gasteiger partial charge in [0, 0.05) is 27.3 Å². The fourth-order valence-corrected chi connectivity index (χ4v) is 4.90. The second-order valence-electron chi connectivity index (χ2n) is 6.58. The van der Waals surface area contributed by atoms with Crippen molar-refractivity contribution in [3.63, 3.8) is 0 Å². The number of nitrogens with zero attached hydrogens (tertiary/aromatic N) is 3. The Bertz CT molecular complexity index is 1090. The number of aromatic nitrogens is 3. The van der Waals surface area contributed by atoms with Gasteiger partial charge in [-0.2, -0.15) is 0 Å². The second kappa shape index (κ2) is 10.0. The summed E-state index contributed by atoms with van der Waals surface area (Å²) < 4.78 is 2.85. The van der Waals surface area contributed by atoms with E-state index in [0.29, 0.717) is 33.1 Å². The number of hydrogen-bond donors (Lipinski definition) is 1. The summed E-state index contributed by atoms with van der Waals surface area (Å²) in [6.07, 6.45) is 1.75. The average Bonchev–Trinajstić information content (AvgIpc) is 3.06. The molecule has 0 aliphatic rings. The van der Waals surface area contributed by atoms with Crippen LogP contribution in [0.15, 0.2) is 52.6 Å². The van der Waals surface area contributed by atoms with E-state index in [2.05, 4.69) is 38.0 Å². The largest absolute Gasteiger partial charge is 0.325 e. The standard InChI is InChI=1S/C21H19BrCl2N4OS/c1-4-7-28-20(16-6-5-15(23)10-17(16)24)26-27-21(28)30-11-18(29)25-19-12(2)8-14(22)9-13(19)3/h4-6,8-10H,1,7,11H2,2-3H3,(H,25,29). The summed E-state index contributed by atoms with van der Waals surface area (Å²) in [6, 6.07) is 9.15. The lowest BCUT2D eigenvalue weighted by atomic mass is 10.1. The number of allylic oxidation sites excluding steroid dienone is 1. The van der Waals surface area contributed by atoms with E-state index in [9.17, 15) is 4.79 Å². The van der Waals surface area contributed by atoms with Crippen molar-refractivity contribution in [2.75, 3.05) is 11.1 Å². The number of aryl methyl sites for hydroxylation is 2. The van der Waals surface area contributed by atoms with Crippen LogP contribution in [0.1, 0.15) is 11.1 Å². The topological polar surface area (TPSA) is 59.8 Å². The summed E-state index contributed by atoms with van der Waals surface area (Å²) in [5, 5.41) is 13.1. The molecular formula is C21H19BrCl2N4OS. The van der Waals surface area contributed by atoms with Crippen molar-refractivity contribution in [3.05, 3.63) is 68.6 Å². The molecule has 30 heavy (non-hydrogen) atoms. The number of anilines is 1. The van der Waals surface area contributed by atoms with Crippen LogP contribution in [0.3, 0.4) is 0 Å². The fraction of sp³-hybridized carbons (Fsp3) is 0.190. The third-order valence-electron chi connectivity index (χ3n) is 4.29. The first kappa shape index (κ1) is 22.9. The monoisotopic (exact) mass is 524 g/mol. The maximum Gasteiger partial charge on any atom is 0.234 e. The molecule has 0 unspecified atom stereocenters. The van der Waals surface area contributed by atoms with Crippen LogP contribution in [0, 0.1) is 13.8 Å². The van der Waals surface area contributed by atoms with Crippen LogP contribution in [-0.2, 0) is 11.3 Å². The number of carbonyl (C=O) groups excluding carboxylic acids is 1. The van der Waals surface area contributed by atoms with Crippen LogP contribution in [0.4, 0.5) is 5.69 Å². The minimum Gasteiger partial charge on any atom is -0.325 e. The molecule has 3 rings (SSSR count). The van der Waals surface area contributed by atoms with Gasteiger partial charge in [0.1, 0.15) is 0 Å². The van der Waals surface area contributed by atoms with Crippen LogP contribution in [0.25, 0.3) is 11.4 Å². The molecule has 0 spiro atoms. The van der Waals surface area contributed by atoms with Crippen LogP contribution in [-0.4, -0.2) is 26.4 Å². The maximum absolute atomic E-state index is 12.6. The Morgan fingerprint density at radius 3 is 2.57 bits per heavy atom. The fourth-order valence-electron chi connectivity index (χ4n) is 2.97. The molecular weight excluding hydrogens is 507 g/mol.